The number of allylic oxidation sites excluding steroid dienone is 1. The number of alkyl carbamates (subject to hydrolysis) is 1. The monoisotopic (exact) mass is 663 g/mol. The van der Waals surface area contributed by atoms with Crippen LogP contribution in [0.25, 0.3) is 0 Å². The molecule has 6 rings (SSSR count). The first-order chi connectivity index (χ1) is 22.9. The highest BCUT2D eigenvalue weighted by molar-refractivity contribution is 5.98. The van der Waals surface area contributed by atoms with Gasteiger partial charge in [-0.1, -0.05) is 49.3 Å². The van der Waals surface area contributed by atoms with Crippen molar-refractivity contribution >= 4 is 29.9 Å². The lowest BCUT2D eigenvalue weighted by Gasteiger charge is -2.30. The number of hydrogen-bond acceptors (Lipinski definition) is 7. The van der Waals surface area contributed by atoms with Crippen LogP contribution in [0.5, 0.6) is 0 Å². The molecule has 3 heterocycles. The van der Waals surface area contributed by atoms with E-state index in [-0.39, 0.29) is 24.8 Å². The lowest BCUT2D eigenvalue weighted by Crippen LogP contribution is -2.58. The van der Waals surface area contributed by atoms with Crippen molar-refractivity contribution in [1.29, 1.82) is 0 Å². The van der Waals surface area contributed by atoms with Crippen molar-refractivity contribution in [2.75, 3.05) is 13.1 Å². The van der Waals surface area contributed by atoms with Crippen LogP contribution in [-0.2, 0) is 36.9 Å². The number of carbonyl (C=O) groups excluding carboxylic acids is 5. The molecular formula is C36H49N5O7. The molecule has 0 unspecified atom stereocenters. The van der Waals surface area contributed by atoms with Gasteiger partial charge in [0.25, 0.3) is 0 Å². The topological polar surface area (TPSA) is 146 Å². The van der Waals surface area contributed by atoms with Gasteiger partial charge in [-0.3, -0.25) is 19.3 Å². The molecule has 5 amide bonds. The Hall–Kier alpha value is -4.09. The molecule has 0 spiro atoms. The summed E-state index contributed by atoms with van der Waals surface area (Å²) in [5.74, 6) is -0.797. The van der Waals surface area contributed by atoms with Gasteiger partial charge in [0.2, 0.25) is 17.7 Å². The molecule has 48 heavy (non-hydrogen) atoms. The predicted molar refractivity (Wildman–Crippen MR) is 176 cm³/mol. The molecule has 0 aromatic heterocycles. The fourth-order valence-corrected chi connectivity index (χ4v) is 7.01. The maximum atomic E-state index is 14.3. The molecule has 1 saturated heterocycles. The van der Waals surface area contributed by atoms with E-state index in [0.29, 0.717) is 44.8 Å². The van der Waals surface area contributed by atoms with Crippen LogP contribution in [0.15, 0.2) is 36.4 Å². The molecule has 3 aliphatic heterocycles. The molecular weight excluding hydrogens is 614 g/mol. The van der Waals surface area contributed by atoms with Crippen LogP contribution in [0.3, 0.4) is 0 Å². The lowest BCUT2D eigenvalue weighted by atomic mass is 10.0. The number of nitrogens with one attached hydrogen (secondary N) is 3. The lowest BCUT2D eigenvalue weighted by molar-refractivity contribution is -0.141. The van der Waals surface area contributed by atoms with E-state index in [0.717, 1.165) is 43.2 Å². The minimum absolute atomic E-state index is 0.0137. The van der Waals surface area contributed by atoms with E-state index < -0.39 is 53.3 Å². The normalized spacial score (nSPS) is 29.6. The van der Waals surface area contributed by atoms with E-state index in [9.17, 15) is 24.0 Å². The number of hydrogen-bond donors (Lipinski definition) is 3. The maximum absolute atomic E-state index is 14.3. The summed E-state index contributed by atoms with van der Waals surface area (Å²) in [5, 5.41) is 8.84. The highest BCUT2D eigenvalue weighted by Gasteiger charge is 2.61. The standard InChI is InChI=1S/C36H49N5O7/c1-35(2,3)48-33(45)38-28-14-8-6-4-5-7-13-26-18-36(26,32(44)37-19-23-15-16-23)39-30(42)29-17-27(22-41(29)31(28)43)47-34(46)40-20-24-11-9-10-12-25(24)21-40/h7,9-13,23,26-29H,4-6,8,14-22H2,1-3H3,(H,37,44)(H,38,45)(H,39,42)/b13-7-/t26-,27-,28+,29+,36-/m1/s1. The zero-order valence-electron chi connectivity index (χ0n) is 28.3. The van der Waals surface area contributed by atoms with Gasteiger partial charge in [0.15, 0.2) is 0 Å². The zero-order chi connectivity index (χ0) is 34.1. The summed E-state index contributed by atoms with van der Waals surface area (Å²) in [5.41, 5.74) is 0.246. The second-order valence-corrected chi connectivity index (χ2v) is 15.1. The number of nitrogens with zero attached hydrogens (tertiary/aromatic N) is 2. The molecule has 12 heteroatoms. The van der Waals surface area contributed by atoms with Gasteiger partial charge in [0, 0.05) is 32.0 Å². The van der Waals surface area contributed by atoms with Crippen molar-refractivity contribution in [3.8, 4) is 0 Å². The van der Waals surface area contributed by atoms with Crippen molar-refractivity contribution in [3.05, 3.63) is 47.5 Å². The van der Waals surface area contributed by atoms with Crippen molar-refractivity contribution in [2.24, 2.45) is 11.8 Å². The Labute approximate surface area is 282 Å². The van der Waals surface area contributed by atoms with Gasteiger partial charge in [0.1, 0.15) is 29.3 Å². The quantitative estimate of drug-likeness (QED) is 0.405. The van der Waals surface area contributed by atoms with E-state index in [1.54, 1.807) is 25.7 Å². The first kappa shape index (κ1) is 33.8. The molecule has 5 aliphatic rings. The van der Waals surface area contributed by atoms with Gasteiger partial charge in [0.05, 0.1) is 6.54 Å². The summed E-state index contributed by atoms with van der Waals surface area (Å²) in [4.78, 5) is 71.2. The molecule has 12 nitrogen and oxygen atoms in total. The van der Waals surface area contributed by atoms with Gasteiger partial charge in [-0.2, -0.15) is 0 Å². The number of rotatable bonds is 5. The Morgan fingerprint density at radius 2 is 1.75 bits per heavy atom. The summed E-state index contributed by atoms with van der Waals surface area (Å²) in [6, 6.07) is 5.88. The van der Waals surface area contributed by atoms with E-state index in [1.165, 1.54) is 4.90 Å². The summed E-state index contributed by atoms with van der Waals surface area (Å²) in [6.07, 6.45) is 8.40. The molecule has 1 aromatic carbocycles. The number of ether oxygens (including phenoxy) is 2. The third-order valence-electron chi connectivity index (χ3n) is 9.95. The van der Waals surface area contributed by atoms with Gasteiger partial charge >= 0.3 is 12.2 Å². The fraction of sp³-hybridized carbons (Fsp3) is 0.639. The molecule has 2 saturated carbocycles. The molecule has 3 fully saturated rings. The largest absolute Gasteiger partial charge is 0.444 e. The molecule has 260 valence electrons. The number of benzene rings is 1. The fourth-order valence-electron chi connectivity index (χ4n) is 7.01. The third-order valence-corrected chi connectivity index (χ3v) is 9.95. The van der Waals surface area contributed by atoms with Crippen molar-refractivity contribution in [3.63, 3.8) is 0 Å². The molecule has 0 bridgehead atoms. The number of amides is 5. The molecule has 5 atom stereocenters. The van der Waals surface area contributed by atoms with Crippen molar-refractivity contribution in [2.45, 2.75) is 121 Å². The van der Waals surface area contributed by atoms with Crippen LogP contribution < -0.4 is 16.0 Å². The van der Waals surface area contributed by atoms with Crippen molar-refractivity contribution < 1.29 is 33.4 Å². The minimum atomic E-state index is -1.10. The van der Waals surface area contributed by atoms with E-state index >= 15 is 0 Å². The third kappa shape index (κ3) is 7.95. The Morgan fingerprint density at radius 3 is 2.44 bits per heavy atom. The van der Waals surface area contributed by atoms with Gasteiger partial charge in [-0.05, 0) is 76.3 Å². The SMILES string of the molecule is CC(C)(C)OC(=O)N[C@H]1CCCCC/C=C\[C@@H]2C[C@@]2(C(=O)NCC2CC2)NC(=O)[C@@H]2C[C@@H](OC(=O)N3Cc4ccccc4C3)CN2C1=O. The molecule has 3 N–H and O–H groups in total. The zero-order valence-corrected chi connectivity index (χ0v) is 28.3. The highest BCUT2D eigenvalue weighted by atomic mass is 16.6. The van der Waals surface area contributed by atoms with Gasteiger partial charge in [-0.25, -0.2) is 9.59 Å². The van der Waals surface area contributed by atoms with Gasteiger partial charge in [-0.15, -0.1) is 0 Å². The average molecular weight is 664 g/mol. The number of carbonyl (C=O) groups is 5. The second kappa shape index (κ2) is 13.8. The Morgan fingerprint density at radius 1 is 1.02 bits per heavy atom. The van der Waals surface area contributed by atoms with E-state index in [1.807, 2.05) is 30.3 Å². The predicted octanol–water partition coefficient (Wildman–Crippen LogP) is 3.92. The summed E-state index contributed by atoms with van der Waals surface area (Å²) in [6.45, 7) is 6.65. The summed E-state index contributed by atoms with van der Waals surface area (Å²) in [7, 11) is 0. The second-order valence-electron chi connectivity index (χ2n) is 15.1. The Balaban J connectivity index is 1.22. The maximum Gasteiger partial charge on any atom is 0.410 e. The van der Waals surface area contributed by atoms with Crippen LogP contribution in [-0.4, -0.2) is 82.1 Å². The summed E-state index contributed by atoms with van der Waals surface area (Å²) >= 11 is 0. The Kier molecular flexibility index (Phi) is 9.71. The van der Waals surface area contributed by atoms with Crippen LogP contribution >= 0.6 is 0 Å². The van der Waals surface area contributed by atoms with Crippen LogP contribution in [0.1, 0.15) is 89.7 Å². The molecule has 2 aliphatic carbocycles. The first-order valence-corrected chi connectivity index (χ1v) is 17.5. The van der Waals surface area contributed by atoms with Gasteiger partial charge < -0.3 is 30.3 Å². The van der Waals surface area contributed by atoms with E-state index in [4.69, 9.17) is 9.47 Å². The van der Waals surface area contributed by atoms with Crippen LogP contribution in [0.4, 0.5) is 9.59 Å². The van der Waals surface area contributed by atoms with Crippen molar-refractivity contribution in [1.82, 2.24) is 25.8 Å². The number of fused-ring (bicyclic) bond motifs is 3. The van der Waals surface area contributed by atoms with Crippen LogP contribution in [0.2, 0.25) is 0 Å². The minimum Gasteiger partial charge on any atom is -0.444 e. The molecule has 0 radical (unpaired) electrons. The average Bonchev–Trinajstić information content (AvgIpc) is 3.89. The first-order valence-electron chi connectivity index (χ1n) is 17.5. The molecule has 1 aromatic rings. The highest BCUT2D eigenvalue weighted by Crippen LogP contribution is 2.46. The Bertz CT molecular complexity index is 1430. The smallest absolute Gasteiger partial charge is 0.410 e. The van der Waals surface area contributed by atoms with Crippen LogP contribution in [0, 0.1) is 11.8 Å². The van der Waals surface area contributed by atoms with E-state index in [2.05, 4.69) is 22.0 Å². The summed E-state index contributed by atoms with van der Waals surface area (Å²) < 4.78 is 11.4.